The number of aromatic nitrogens is 1. The highest BCUT2D eigenvalue weighted by molar-refractivity contribution is 7.14. The van der Waals surface area contributed by atoms with Gasteiger partial charge in [0.25, 0.3) is 5.91 Å². The van der Waals surface area contributed by atoms with Crippen LogP contribution in [0.2, 0.25) is 0 Å². The minimum absolute atomic E-state index is 0.253. The third kappa shape index (κ3) is 4.91. The molecular formula is C21H20N2O5S. The Hall–Kier alpha value is -3.39. The molecule has 1 N–H and O–H groups in total. The summed E-state index contributed by atoms with van der Waals surface area (Å²) in [6.07, 6.45) is -1.00. The zero-order valence-electron chi connectivity index (χ0n) is 16.2. The minimum atomic E-state index is -1.00. The molecule has 1 amide bonds. The van der Waals surface area contributed by atoms with Crippen LogP contribution in [0.4, 0.5) is 5.13 Å². The largest absolute Gasteiger partial charge is 0.493 e. The van der Waals surface area contributed by atoms with E-state index in [0.29, 0.717) is 16.6 Å². The number of carbonyl (C=O) groups excluding carboxylic acids is 2. The maximum Gasteiger partial charge on any atom is 0.339 e. The number of thiazole rings is 1. The summed E-state index contributed by atoms with van der Waals surface area (Å²) in [4.78, 5) is 29.1. The van der Waals surface area contributed by atoms with Crippen molar-refractivity contribution >= 4 is 28.3 Å². The Balaban J connectivity index is 1.62. The van der Waals surface area contributed by atoms with Crippen molar-refractivity contribution in [2.45, 2.75) is 13.0 Å². The Morgan fingerprint density at radius 1 is 1.03 bits per heavy atom. The average Bonchev–Trinajstić information content (AvgIpc) is 3.22. The quantitative estimate of drug-likeness (QED) is 0.590. The lowest BCUT2D eigenvalue weighted by Gasteiger charge is -2.13. The molecule has 0 saturated carbocycles. The van der Waals surface area contributed by atoms with Gasteiger partial charge >= 0.3 is 5.97 Å². The highest BCUT2D eigenvalue weighted by atomic mass is 32.1. The molecule has 0 radical (unpaired) electrons. The van der Waals surface area contributed by atoms with Crippen LogP contribution in [0.3, 0.4) is 0 Å². The molecular weight excluding hydrogens is 392 g/mol. The second-order valence-electron chi connectivity index (χ2n) is 6.01. The number of hydrogen-bond acceptors (Lipinski definition) is 7. The van der Waals surface area contributed by atoms with Crippen LogP contribution in [-0.4, -0.2) is 37.2 Å². The van der Waals surface area contributed by atoms with Gasteiger partial charge in [-0.25, -0.2) is 9.78 Å². The second kappa shape index (κ2) is 9.20. The van der Waals surface area contributed by atoms with Gasteiger partial charge in [-0.3, -0.25) is 10.1 Å². The first kappa shape index (κ1) is 20.3. The van der Waals surface area contributed by atoms with E-state index in [4.69, 9.17) is 14.2 Å². The second-order valence-corrected chi connectivity index (χ2v) is 6.87. The standard InChI is InChI=1S/C21H20N2O5S/c1-13(28-20(25)15-9-10-17(26-2)18(11-15)27-3)19(24)23-21-22-16(12-29-21)14-7-5-4-6-8-14/h4-13H,1-3H3,(H,22,23,24). The highest BCUT2D eigenvalue weighted by Gasteiger charge is 2.21. The summed E-state index contributed by atoms with van der Waals surface area (Å²) in [7, 11) is 2.98. The molecule has 1 heterocycles. The fourth-order valence-electron chi connectivity index (χ4n) is 2.52. The van der Waals surface area contributed by atoms with Gasteiger partial charge in [-0.05, 0) is 25.1 Å². The van der Waals surface area contributed by atoms with Crippen LogP contribution >= 0.6 is 11.3 Å². The third-order valence-corrected chi connectivity index (χ3v) is 4.83. The van der Waals surface area contributed by atoms with E-state index in [-0.39, 0.29) is 5.56 Å². The number of carbonyl (C=O) groups is 2. The van der Waals surface area contributed by atoms with Crippen LogP contribution in [0.25, 0.3) is 11.3 Å². The van der Waals surface area contributed by atoms with Gasteiger partial charge in [0.2, 0.25) is 0 Å². The van der Waals surface area contributed by atoms with Crippen LogP contribution in [0, 0.1) is 0 Å². The number of rotatable bonds is 7. The molecule has 8 heteroatoms. The average molecular weight is 412 g/mol. The molecule has 0 aliphatic carbocycles. The van der Waals surface area contributed by atoms with Gasteiger partial charge in [0.15, 0.2) is 22.7 Å². The van der Waals surface area contributed by atoms with E-state index in [1.807, 2.05) is 35.7 Å². The summed E-state index contributed by atoms with van der Waals surface area (Å²) in [6.45, 7) is 1.50. The van der Waals surface area contributed by atoms with Gasteiger partial charge in [0.05, 0.1) is 25.5 Å². The number of hydrogen-bond donors (Lipinski definition) is 1. The Labute approximate surface area is 172 Å². The number of esters is 1. The van der Waals surface area contributed by atoms with Crippen LogP contribution in [0.5, 0.6) is 11.5 Å². The summed E-state index contributed by atoms with van der Waals surface area (Å²) >= 11 is 1.30. The molecule has 3 rings (SSSR count). The molecule has 0 bridgehead atoms. The number of nitrogens with one attached hydrogen (secondary N) is 1. The molecule has 150 valence electrons. The molecule has 1 aromatic heterocycles. The Morgan fingerprint density at radius 3 is 2.45 bits per heavy atom. The summed E-state index contributed by atoms with van der Waals surface area (Å²) in [5.74, 6) is -0.214. The van der Waals surface area contributed by atoms with Crippen molar-refractivity contribution in [1.82, 2.24) is 4.98 Å². The Kier molecular flexibility index (Phi) is 6.46. The lowest BCUT2D eigenvalue weighted by Crippen LogP contribution is -2.30. The van der Waals surface area contributed by atoms with Crippen molar-refractivity contribution in [1.29, 1.82) is 0 Å². The number of benzene rings is 2. The van der Waals surface area contributed by atoms with Gasteiger partial charge in [-0.2, -0.15) is 0 Å². The van der Waals surface area contributed by atoms with Gasteiger partial charge in [0.1, 0.15) is 0 Å². The van der Waals surface area contributed by atoms with Gasteiger partial charge in [-0.1, -0.05) is 30.3 Å². The summed E-state index contributed by atoms with van der Waals surface area (Å²) in [6, 6.07) is 14.3. The fraction of sp³-hybridized carbons (Fsp3) is 0.190. The first-order valence-corrected chi connectivity index (χ1v) is 9.64. The zero-order chi connectivity index (χ0) is 20.8. The molecule has 3 aromatic rings. The van der Waals surface area contributed by atoms with Crippen molar-refractivity contribution in [3.63, 3.8) is 0 Å². The van der Waals surface area contributed by atoms with Crippen LogP contribution in [0.15, 0.2) is 53.9 Å². The van der Waals surface area contributed by atoms with Crippen LogP contribution in [0.1, 0.15) is 17.3 Å². The fourth-order valence-corrected chi connectivity index (χ4v) is 3.25. The highest BCUT2D eigenvalue weighted by Crippen LogP contribution is 2.28. The summed E-state index contributed by atoms with van der Waals surface area (Å²) < 4.78 is 15.6. The Bertz CT molecular complexity index is 1000. The van der Waals surface area contributed by atoms with Gasteiger partial charge in [0, 0.05) is 10.9 Å². The van der Waals surface area contributed by atoms with E-state index < -0.39 is 18.0 Å². The zero-order valence-corrected chi connectivity index (χ0v) is 17.0. The van der Waals surface area contributed by atoms with Crippen molar-refractivity contribution < 1.29 is 23.8 Å². The molecule has 1 atom stereocenters. The third-order valence-electron chi connectivity index (χ3n) is 4.08. The first-order chi connectivity index (χ1) is 14.0. The normalized spacial score (nSPS) is 11.4. The topological polar surface area (TPSA) is 86.8 Å². The van der Waals surface area contributed by atoms with Crippen LogP contribution < -0.4 is 14.8 Å². The molecule has 2 aromatic carbocycles. The molecule has 0 aliphatic rings. The van der Waals surface area contributed by atoms with E-state index in [0.717, 1.165) is 11.3 Å². The minimum Gasteiger partial charge on any atom is -0.493 e. The number of amides is 1. The molecule has 0 saturated heterocycles. The number of nitrogens with zero attached hydrogens (tertiary/aromatic N) is 1. The monoisotopic (exact) mass is 412 g/mol. The van der Waals surface area contributed by atoms with Crippen molar-refractivity contribution in [2.24, 2.45) is 0 Å². The lowest BCUT2D eigenvalue weighted by atomic mass is 10.2. The molecule has 7 nitrogen and oxygen atoms in total. The lowest BCUT2D eigenvalue weighted by molar-refractivity contribution is -0.123. The summed E-state index contributed by atoms with van der Waals surface area (Å²) in [5.41, 5.74) is 1.97. The molecule has 0 fully saturated rings. The van der Waals surface area contributed by atoms with E-state index in [1.54, 1.807) is 12.1 Å². The van der Waals surface area contributed by atoms with Gasteiger partial charge in [-0.15, -0.1) is 11.3 Å². The molecule has 0 spiro atoms. The van der Waals surface area contributed by atoms with E-state index >= 15 is 0 Å². The van der Waals surface area contributed by atoms with Crippen LogP contribution in [-0.2, 0) is 9.53 Å². The molecule has 0 aliphatic heterocycles. The smallest absolute Gasteiger partial charge is 0.339 e. The summed E-state index contributed by atoms with van der Waals surface area (Å²) in [5, 5.41) is 4.96. The van der Waals surface area contributed by atoms with E-state index in [2.05, 4.69) is 10.3 Å². The molecule has 29 heavy (non-hydrogen) atoms. The number of methoxy groups -OCH3 is 2. The Morgan fingerprint density at radius 2 is 1.76 bits per heavy atom. The van der Waals surface area contributed by atoms with E-state index in [1.165, 1.54) is 38.5 Å². The van der Waals surface area contributed by atoms with E-state index in [9.17, 15) is 9.59 Å². The van der Waals surface area contributed by atoms with Gasteiger partial charge < -0.3 is 14.2 Å². The SMILES string of the molecule is COc1ccc(C(=O)OC(C)C(=O)Nc2nc(-c3ccccc3)cs2)cc1OC. The van der Waals surface area contributed by atoms with Crippen molar-refractivity contribution in [3.8, 4) is 22.8 Å². The predicted octanol–water partition coefficient (Wildman–Crippen LogP) is 4.01. The van der Waals surface area contributed by atoms with Crippen molar-refractivity contribution in [2.75, 3.05) is 19.5 Å². The maximum atomic E-state index is 12.4. The predicted molar refractivity (Wildman–Crippen MR) is 111 cm³/mol. The first-order valence-electron chi connectivity index (χ1n) is 8.76. The number of ether oxygens (including phenoxy) is 3. The number of anilines is 1. The molecule has 1 unspecified atom stereocenters. The maximum absolute atomic E-state index is 12.4. The van der Waals surface area contributed by atoms with Crippen molar-refractivity contribution in [3.05, 3.63) is 59.5 Å².